The van der Waals surface area contributed by atoms with Crippen LogP contribution in [0.2, 0.25) is 0 Å². The molecule has 1 aliphatic carbocycles. The van der Waals surface area contributed by atoms with Crippen LogP contribution in [-0.4, -0.2) is 18.5 Å². The molecule has 1 saturated carbocycles. The number of hydrogen-bond acceptors (Lipinski definition) is 3. The van der Waals surface area contributed by atoms with Gasteiger partial charge in [0.25, 0.3) is 0 Å². The Kier molecular flexibility index (Phi) is 2.89. The Bertz CT molecular complexity index is 246. The van der Waals surface area contributed by atoms with Crippen LogP contribution in [0.3, 0.4) is 0 Å². The van der Waals surface area contributed by atoms with Gasteiger partial charge in [-0.15, -0.1) is 0 Å². The Morgan fingerprint density at radius 3 is 3.00 bits per heavy atom. The van der Waals surface area contributed by atoms with Gasteiger partial charge in [-0.25, -0.2) is 0 Å². The highest BCUT2D eigenvalue weighted by Crippen LogP contribution is 2.36. The van der Waals surface area contributed by atoms with Gasteiger partial charge in [0, 0.05) is 6.04 Å². The van der Waals surface area contributed by atoms with E-state index in [4.69, 9.17) is 11.0 Å². The Balaban J connectivity index is 2.59. The summed E-state index contributed by atoms with van der Waals surface area (Å²) in [5, 5.41) is 10.9. The Morgan fingerprint density at radius 1 is 1.85 bits per heavy atom. The van der Waals surface area contributed by atoms with Crippen molar-refractivity contribution in [1.82, 2.24) is 5.32 Å². The Morgan fingerprint density at radius 2 is 2.54 bits per heavy atom. The number of amides is 1. The number of nitriles is 1. The minimum atomic E-state index is -0.461. The van der Waals surface area contributed by atoms with Crippen molar-refractivity contribution in [2.75, 3.05) is 6.54 Å². The molecule has 2 unspecified atom stereocenters. The minimum absolute atomic E-state index is 0.0637. The molecule has 0 aromatic rings. The van der Waals surface area contributed by atoms with Gasteiger partial charge >= 0.3 is 0 Å². The van der Waals surface area contributed by atoms with E-state index in [0.717, 1.165) is 19.3 Å². The molecule has 3 N–H and O–H groups in total. The topological polar surface area (TPSA) is 78.9 Å². The molecule has 72 valence electrons. The largest absolute Gasteiger partial charge is 0.342 e. The second kappa shape index (κ2) is 3.75. The monoisotopic (exact) mass is 181 g/mol. The summed E-state index contributed by atoms with van der Waals surface area (Å²) in [6.45, 7) is 1.94. The van der Waals surface area contributed by atoms with Crippen LogP contribution in [0.25, 0.3) is 0 Å². The third-order valence-corrected chi connectivity index (χ3v) is 2.88. The van der Waals surface area contributed by atoms with Gasteiger partial charge in [0.1, 0.15) is 6.54 Å². The highest BCUT2D eigenvalue weighted by molar-refractivity contribution is 5.83. The summed E-state index contributed by atoms with van der Waals surface area (Å²) in [5.41, 5.74) is 5.38. The molecule has 0 saturated heterocycles. The number of carbonyl (C=O) groups excluding carboxylic acids is 1. The highest BCUT2D eigenvalue weighted by Gasteiger charge is 2.42. The SMILES string of the molecule is CC1(C(=O)NCC#N)CCCC1N. The third-order valence-electron chi connectivity index (χ3n) is 2.88. The molecule has 0 heterocycles. The van der Waals surface area contributed by atoms with Crippen molar-refractivity contribution in [3.05, 3.63) is 0 Å². The number of carbonyl (C=O) groups is 1. The highest BCUT2D eigenvalue weighted by atomic mass is 16.2. The zero-order valence-corrected chi connectivity index (χ0v) is 7.84. The number of rotatable bonds is 2. The maximum Gasteiger partial charge on any atom is 0.228 e. The second-order valence-corrected chi connectivity index (χ2v) is 3.76. The van der Waals surface area contributed by atoms with E-state index in [0.29, 0.717) is 0 Å². The van der Waals surface area contributed by atoms with Crippen molar-refractivity contribution in [3.8, 4) is 6.07 Å². The van der Waals surface area contributed by atoms with E-state index in [1.807, 2.05) is 13.0 Å². The fraction of sp³-hybridized carbons (Fsp3) is 0.778. The van der Waals surface area contributed by atoms with Crippen LogP contribution in [0.1, 0.15) is 26.2 Å². The normalized spacial score (nSPS) is 32.5. The van der Waals surface area contributed by atoms with E-state index in [2.05, 4.69) is 5.32 Å². The van der Waals surface area contributed by atoms with Gasteiger partial charge in [-0.3, -0.25) is 4.79 Å². The molecule has 0 aliphatic heterocycles. The molecule has 1 rings (SSSR count). The lowest BCUT2D eigenvalue weighted by atomic mass is 9.84. The Labute approximate surface area is 78.1 Å². The van der Waals surface area contributed by atoms with Crippen LogP contribution in [0.15, 0.2) is 0 Å². The van der Waals surface area contributed by atoms with E-state index in [-0.39, 0.29) is 18.5 Å². The van der Waals surface area contributed by atoms with Gasteiger partial charge in [0.05, 0.1) is 11.5 Å². The van der Waals surface area contributed by atoms with E-state index in [1.54, 1.807) is 0 Å². The molecular formula is C9H15N3O. The predicted octanol–water partition coefficient (Wildman–Crippen LogP) is 0.144. The van der Waals surface area contributed by atoms with Gasteiger partial charge in [-0.1, -0.05) is 6.42 Å². The maximum absolute atomic E-state index is 11.6. The van der Waals surface area contributed by atoms with Gasteiger partial charge in [-0.2, -0.15) is 5.26 Å². The molecule has 13 heavy (non-hydrogen) atoms. The summed E-state index contributed by atoms with van der Waals surface area (Å²) in [6, 6.07) is 1.82. The smallest absolute Gasteiger partial charge is 0.228 e. The van der Waals surface area contributed by atoms with E-state index in [9.17, 15) is 4.79 Å². The number of nitrogens with one attached hydrogen (secondary N) is 1. The van der Waals surface area contributed by atoms with E-state index < -0.39 is 5.41 Å². The quantitative estimate of drug-likeness (QED) is 0.595. The summed E-state index contributed by atoms with van der Waals surface area (Å²) in [5.74, 6) is -0.0842. The molecule has 0 spiro atoms. The van der Waals surface area contributed by atoms with Crippen molar-refractivity contribution in [1.29, 1.82) is 5.26 Å². The second-order valence-electron chi connectivity index (χ2n) is 3.76. The summed E-state index contributed by atoms with van der Waals surface area (Å²) < 4.78 is 0. The average molecular weight is 181 g/mol. The summed E-state index contributed by atoms with van der Waals surface area (Å²) >= 11 is 0. The molecule has 0 aromatic carbocycles. The fourth-order valence-electron chi connectivity index (χ4n) is 1.80. The lowest BCUT2D eigenvalue weighted by Crippen LogP contribution is -2.47. The van der Waals surface area contributed by atoms with Crippen LogP contribution in [0.4, 0.5) is 0 Å². The summed E-state index contributed by atoms with van der Waals surface area (Å²) in [7, 11) is 0. The summed E-state index contributed by atoms with van der Waals surface area (Å²) in [6.07, 6.45) is 2.72. The molecule has 0 radical (unpaired) electrons. The average Bonchev–Trinajstić information content (AvgIpc) is 2.44. The number of hydrogen-bond donors (Lipinski definition) is 2. The van der Waals surface area contributed by atoms with Gasteiger partial charge in [0.2, 0.25) is 5.91 Å². The minimum Gasteiger partial charge on any atom is -0.342 e. The molecule has 1 fully saturated rings. The fourth-order valence-corrected chi connectivity index (χ4v) is 1.80. The number of nitrogens with zero attached hydrogens (tertiary/aromatic N) is 1. The van der Waals surface area contributed by atoms with Crippen molar-refractivity contribution in [2.45, 2.75) is 32.2 Å². The van der Waals surface area contributed by atoms with E-state index in [1.165, 1.54) is 0 Å². The molecule has 4 nitrogen and oxygen atoms in total. The van der Waals surface area contributed by atoms with Crippen molar-refractivity contribution in [2.24, 2.45) is 11.1 Å². The van der Waals surface area contributed by atoms with Crippen molar-refractivity contribution in [3.63, 3.8) is 0 Å². The molecule has 0 bridgehead atoms. The van der Waals surface area contributed by atoms with Crippen LogP contribution in [0, 0.1) is 16.7 Å². The molecule has 1 aliphatic rings. The molecule has 0 aromatic heterocycles. The van der Waals surface area contributed by atoms with Gasteiger partial charge in [0.15, 0.2) is 0 Å². The van der Waals surface area contributed by atoms with Crippen LogP contribution in [0.5, 0.6) is 0 Å². The third kappa shape index (κ3) is 1.81. The molecule has 4 heteroatoms. The molecular weight excluding hydrogens is 166 g/mol. The first-order valence-corrected chi connectivity index (χ1v) is 4.52. The maximum atomic E-state index is 11.6. The Hall–Kier alpha value is -1.08. The van der Waals surface area contributed by atoms with Gasteiger partial charge in [-0.05, 0) is 19.8 Å². The first-order valence-electron chi connectivity index (χ1n) is 4.52. The van der Waals surface area contributed by atoms with Crippen LogP contribution >= 0.6 is 0 Å². The van der Waals surface area contributed by atoms with Crippen LogP contribution in [-0.2, 0) is 4.79 Å². The summed E-state index contributed by atoms with van der Waals surface area (Å²) in [4.78, 5) is 11.6. The predicted molar refractivity (Wildman–Crippen MR) is 48.6 cm³/mol. The lowest BCUT2D eigenvalue weighted by Gasteiger charge is -2.26. The van der Waals surface area contributed by atoms with E-state index >= 15 is 0 Å². The van der Waals surface area contributed by atoms with Crippen LogP contribution < -0.4 is 11.1 Å². The molecule has 1 amide bonds. The van der Waals surface area contributed by atoms with Crippen molar-refractivity contribution >= 4 is 5.91 Å². The molecule has 2 atom stereocenters. The first-order chi connectivity index (χ1) is 6.11. The standard InChI is InChI=1S/C9H15N3O/c1-9(4-2-3-7(9)11)8(13)12-6-5-10/h7H,2-4,6,11H2,1H3,(H,12,13). The lowest BCUT2D eigenvalue weighted by molar-refractivity contribution is -0.130. The van der Waals surface area contributed by atoms with Crippen molar-refractivity contribution < 1.29 is 4.79 Å². The zero-order chi connectivity index (χ0) is 9.90. The number of nitrogens with two attached hydrogens (primary N) is 1. The van der Waals surface area contributed by atoms with Gasteiger partial charge < -0.3 is 11.1 Å². The first kappa shape index (κ1) is 10.0. The zero-order valence-electron chi connectivity index (χ0n) is 7.84.